The van der Waals surface area contributed by atoms with Crippen molar-refractivity contribution in [3.05, 3.63) is 144 Å². The van der Waals surface area contributed by atoms with Gasteiger partial charge < -0.3 is 44.9 Å². The zero-order chi connectivity index (χ0) is 103. The summed E-state index contributed by atoms with van der Waals surface area (Å²) in [5, 5.41) is 23.6. The van der Waals surface area contributed by atoms with Crippen molar-refractivity contribution < 1.29 is 53.8 Å². The van der Waals surface area contributed by atoms with E-state index in [1.165, 1.54) is 95.2 Å². The number of fused-ring (bicyclic) bond motifs is 21. The molecule has 33 nitrogen and oxygen atoms in total. The zero-order valence-electron chi connectivity index (χ0n) is 88.0. The van der Waals surface area contributed by atoms with Crippen LogP contribution in [0.4, 0.5) is 34.9 Å². The van der Waals surface area contributed by atoms with Crippen molar-refractivity contribution in [1.29, 1.82) is 0 Å². The molecule has 12 bridgehead atoms. The van der Waals surface area contributed by atoms with Crippen molar-refractivity contribution in [1.82, 2.24) is 73.4 Å². The van der Waals surface area contributed by atoms with Gasteiger partial charge in [0, 0.05) is 92.7 Å². The first-order chi connectivity index (χ1) is 69.5. The summed E-state index contributed by atoms with van der Waals surface area (Å²) in [5.41, 5.74) is 3.88. The normalized spacial score (nSPS) is 25.9. The van der Waals surface area contributed by atoms with Gasteiger partial charge in [-0.2, -0.15) is 25.3 Å². The Morgan fingerprint density at radius 1 is 0.340 bits per heavy atom. The fourth-order valence-corrected chi connectivity index (χ4v) is 32.0. The van der Waals surface area contributed by atoms with E-state index in [0.29, 0.717) is 197 Å². The van der Waals surface area contributed by atoms with Gasteiger partial charge in [0.15, 0.2) is 32.5 Å². The number of hydrogen-bond donors (Lipinski definition) is 6. The van der Waals surface area contributed by atoms with Crippen molar-refractivity contribution in [3.8, 4) is 35.1 Å². The van der Waals surface area contributed by atoms with Gasteiger partial charge in [-0.3, -0.25) is 14.4 Å². The summed E-state index contributed by atoms with van der Waals surface area (Å²) in [6.07, 6.45) is 34.1. The second kappa shape index (κ2) is 36.1. The number of ether oxygens (including phenoxy) is 3. The van der Waals surface area contributed by atoms with Crippen LogP contribution in [0.5, 0.6) is 17.6 Å². The average molecular weight is 2060 g/mol. The molecule has 6 spiro atoms. The minimum atomic E-state index is -4.26. The summed E-state index contributed by atoms with van der Waals surface area (Å²) in [6.45, 7) is 39.4. The van der Waals surface area contributed by atoms with E-state index < -0.39 is 47.8 Å². The molecule has 15 aliphatic rings. The van der Waals surface area contributed by atoms with Crippen LogP contribution in [0.1, 0.15) is 289 Å². The first-order valence-corrected chi connectivity index (χ1v) is 58.3. The third-order valence-corrected chi connectivity index (χ3v) is 39.6. The van der Waals surface area contributed by atoms with Gasteiger partial charge in [-0.15, -0.1) is 15.3 Å². The molecular formula is C111H147N21O12S3. The van der Waals surface area contributed by atoms with Gasteiger partial charge in [0.2, 0.25) is 17.6 Å². The van der Waals surface area contributed by atoms with Gasteiger partial charge in [0.1, 0.15) is 34.9 Å². The molecule has 9 aromatic rings. The fraction of sp³-hybridized carbons (Fsp3) is 0.622. The Morgan fingerprint density at radius 2 is 0.592 bits per heavy atom. The smallest absolute Gasteiger partial charge is 0.281 e. The highest BCUT2D eigenvalue weighted by molar-refractivity contribution is 7.90. The van der Waals surface area contributed by atoms with Crippen LogP contribution in [0.25, 0.3) is 17.5 Å². The Kier molecular flexibility index (Phi) is 24.7. The van der Waals surface area contributed by atoms with Crippen LogP contribution in [0.3, 0.4) is 0 Å². The lowest BCUT2D eigenvalue weighted by Crippen LogP contribution is -2.41. The predicted octanol–water partition coefficient (Wildman–Crippen LogP) is 18.6. The molecule has 147 heavy (non-hydrogen) atoms. The maximum absolute atomic E-state index is 13.8. The van der Waals surface area contributed by atoms with Crippen LogP contribution in [0, 0.1) is 102 Å². The lowest BCUT2D eigenvalue weighted by atomic mass is 9.79. The number of nitrogens with one attached hydrogen (secondary N) is 6. The van der Waals surface area contributed by atoms with Crippen molar-refractivity contribution in [2.75, 3.05) is 89.7 Å². The molecule has 3 saturated heterocycles. The number of pyridine rings is 6. The summed E-state index contributed by atoms with van der Waals surface area (Å²) in [5.74, 6) is 8.21. The molecule has 3 amide bonds. The van der Waals surface area contributed by atoms with Gasteiger partial charge >= 0.3 is 0 Å². The number of carbonyl (C=O) groups is 3. The van der Waals surface area contributed by atoms with E-state index in [0.717, 1.165) is 94.8 Å². The Labute approximate surface area is 865 Å². The van der Waals surface area contributed by atoms with Gasteiger partial charge in [0.05, 0.1) is 36.5 Å². The Bertz CT molecular complexity index is 6260. The molecule has 786 valence electrons. The van der Waals surface area contributed by atoms with Crippen LogP contribution in [-0.4, -0.2) is 178 Å². The highest BCUT2D eigenvalue weighted by Gasteiger charge is 2.87. The van der Waals surface area contributed by atoms with Gasteiger partial charge in [-0.25, -0.2) is 58.1 Å². The molecule has 0 radical (unpaired) electrons. The van der Waals surface area contributed by atoms with Gasteiger partial charge in [-0.05, 0) is 370 Å². The number of hydrogen-bond acceptors (Lipinski definition) is 27. The van der Waals surface area contributed by atoms with Crippen LogP contribution in [0.15, 0.2) is 143 Å². The summed E-state index contributed by atoms with van der Waals surface area (Å²) >= 11 is 0. The van der Waals surface area contributed by atoms with E-state index >= 15 is 0 Å². The molecule has 9 aliphatic carbocycles. The van der Waals surface area contributed by atoms with Crippen molar-refractivity contribution >= 4 is 82.7 Å². The van der Waals surface area contributed by atoms with Gasteiger partial charge in [0.25, 0.3) is 47.8 Å². The molecule has 6 N–H and O–H groups in total. The van der Waals surface area contributed by atoms with Crippen LogP contribution in [-0.2, 0) is 30.1 Å². The van der Waals surface area contributed by atoms with Crippen molar-refractivity contribution in [3.63, 3.8) is 0 Å². The number of aromatic nitrogens is 12. The molecule has 6 atom stereocenters. The third-order valence-electron chi connectivity index (χ3n) is 35.9. The first-order valence-electron chi connectivity index (χ1n) is 53.8. The molecule has 6 aliphatic heterocycles. The van der Waals surface area contributed by atoms with E-state index in [1.807, 2.05) is 36.8 Å². The molecule has 36 heteroatoms. The Morgan fingerprint density at radius 3 is 0.830 bits per heavy atom. The number of carbonyl (C=O) groups excluding carboxylic acids is 3. The summed E-state index contributed by atoms with van der Waals surface area (Å²) in [4.78, 5) is 76.2. The summed E-state index contributed by atoms with van der Waals surface area (Å²) in [7, 11) is -12.8. The van der Waals surface area contributed by atoms with Crippen molar-refractivity contribution in [2.24, 2.45) is 102 Å². The van der Waals surface area contributed by atoms with E-state index in [4.69, 9.17) is 29.2 Å². The molecule has 9 saturated carbocycles. The minimum absolute atomic E-state index is 0.115. The number of anilines is 6. The number of nitrogens with zero attached hydrogens (tertiary/aromatic N) is 15. The average Bonchev–Trinajstić information content (AvgIpc) is 1.45. The maximum Gasteiger partial charge on any atom is 0.281 e. The number of amides is 3. The monoisotopic (exact) mass is 2060 g/mol. The molecule has 9 aromatic heterocycles. The lowest BCUT2D eigenvalue weighted by Gasteiger charge is -2.34. The molecule has 12 fully saturated rings. The van der Waals surface area contributed by atoms with Crippen LogP contribution >= 0.6 is 0 Å². The van der Waals surface area contributed by atoms with E-state index in [1.54, 1.807) is 86.8 Å². The number of rotatable bonds is 18. The molecule has 3 unspecified atom stereocenters. The quantitative estimate of drug-likeness (QED) is 0.0464. The van der Waals surface area contributed by atoms with Crippen LogP contribution < -0.4 is 59.0 Å². The highest BCUT2D eigenvalue weighted by Crippen LogP contribution is 2.95. The summed E-state index contributed by atoms with van der Waals surface area (Å²) in [6, 6.07) is 30.0. The maximum atomic E-state index is 13.8. The highest BCUT2D eigenvalue weighted by atomic mass is 32.2. The zero-order valence-corrected chi connectivity index (χ0v) is 90.4. The SMILES string of the molecule is CC(C)(C)CC1CNc2cccc(n2)S(=O)(=O)NC(=O)c2ccc(-n3ccc(OCCC4C5(CC5)C45CC5)n3)nc2N2C[C@@H](C1)CC2(C)C.CC(C)(C)CC1CNc2cccc(n2)S(=O)(=O)NC(=O)c2ccc(-n3ccc(OCCC4C5(CC5)C45CC5)n3)nc2N2C[C@@H](C1)CC2(C)C.CC(C)(C)CC1CNc2cccc(n2)S(=O)(=O)NC(=O)c2ccc(-n3ccc(OCCC4C5(CC5)C45CC5)n3)nc2N2C[C@@H](C1)CC2(C)C. The Balaban J connectivity index is 0.000000125. The number of sulfonamides is 3. The lowest BCUT2D eigenvalue weighted by molar-refractivity contribution is 0.0972. The Hall–Kier alpha value is -11.0. The summed E-state index contributed by atoms with van der Waals surface area (Å²) < 4.78 is 111. The van der Waals surface area contributed by atoms with E-state index in [9.17, 15) is 39.6 Å². The van der Waals surface area contributed by atoms with E-state index in [-0.39, 0.29) is 64.6 Å². The minimum Gasteiger partial charge on any atom is -0.477 e. The van der Waals surface area contributed by atoms with Crippen LogP contribution in [0.2, 0.25) is 0 Å². The largest absolute Gasteiger partial charge is 0.477 e. The molecule has 24 rings (SSSR count). The fourth-order valence-electron chi connectivity index (χ4n) is 29.2. The van der Waals surface area contributed by atoms with Gasteiger partial charge in [-0.1, -0.05) is 80.5 Å². The molecular weight excluding hydrogens is 1920 g/mol. The topological polar surface area (TPSA) is 394 Å². The first kappa shape index (κ1) is 101. The van der Waals surface area contributed by atoms with Crippen molar-refractivity contribution in [2.45, 2.75) is 290 Å². The predicted molar refractivity (Wildman–Crippen MR) is 562 cm³/mol. The molecule has 15 heterocycles. The second-order valence-electron chi connectivity index (χ2n) is 51.5. The second-order valence-corrected chi connectivity index (χ2v) is 56.4. The molecule has 0 aromatic carbocycles. The third kappa shape index (κ3) is 19.9. The standard InChI is InChI=1S/3C37H49N7O4S/c3*1-34(2,3)20-24-19-25-21-35(4,5)43(23-25)32-26(33(45)42-49(46,47)31-8-6-7-28(39-31)38-22-24)9-10-29(40-32)44-17-11-30(41-44)48-18-12-27-36(13-14-36)37(27)15-16-37/h3*6-11,17,24-25,27H,12-16,18-23H2,1-5H3,(H,38,39)(H,42,45)/t3*24?,25-/m000/s1. The van der Waals surface area contributed by atoms with E-state index in [2.05, 4.69) is 179 Å².